The fraction of sp³-hybridized carbons (Fsp3) is 0.389. The summed E-state index contributed by atoms with van der Waals surface area (Å²) in [5.74, 6) is -1.58. The van der Waals surface area contributed by atoms with Crippen molar-refractivity contribution in [1.29, 1.82) is 0 Å². The lowest BCUT2D eigenvalue weighted by atomic mass is 9.99. The van der Waals surface area contributed by atoms with Gasteiger partial charge < -0.3 is 5.32 Å². The number of thiophene rings is 1. The van der Waals surface area contributed by atoms with Crippen molar-refractivity contribution in [2.75, 3.05) is 6.54 Å². The van der Waals surface area contributed by atoms with Gasteiger partial charge in [0.25, 0.3) is 0 Å². The molecule has 0 saturated heterocycles. The summed E-state index contributed by atoms with van der Waals surface area (Å²) in [5, 5.41) is 4.90. The van der Waals surface area contributed by atoms with Crippen molar-refractivity contribution in [3.63, 3.8) is 0 Å². The normalized spacial score (nSPS) is 16.0. The highest BCUT2D eigenvalue weighted by atomic mass is 32.1. The van der Waals surface area contributed by atoms with E-state index in [1.54, 1.807) is 11.3 Å². The minimum absolute atomic E-state index is 0.0509. The molecule has 1 aromatic heterocycles. The first-order chi connectivity index (χ1) is 11.5. The smallest absolute Gasteiger partial charge is 0.242 e. The maximum Gasteiger partial charge on any atom is 0.242 e. The Morgan fingerprint density at radius 3 is 2.79 bits per heavy atom. The predicted molar refractivity (Wildman–Crippen MR) is 90.8 cm³/mol. The molecule has 24 heavy (non-hydrogen) atoms. The second-order valence-electron chi connectivity index (χ2n) is 6.32. The molecule has 1 aliphatic rings. The van der Waals surface area contributed by atoms with Crippen LogP contribution in [0.15, 0.2) is 29.6 Å². The van der Waals surface area contributed by atoms with Crippen LogP contribution in [0.25, 0.3) is 0 Å². The van der Waals surface area contributed by atoms with Gasteiger partial charge in [0.05, 0.1) is 0 Å². The number of nitrogens with zero attached hydrogens (tertiary/aromatic N) is 1. The van der Waals surface area contributed by atoms with Crippen LogP contribution in [0, 0.1) is 11.6 Å². The Kier molecular flexibility index (Phi) is 4.96. The van der Waals surface area contributed by atoms with E-state index in [0.29, 0.717) is 13.1 Å². The number of halogens is 2. The molecule has 1 amide bonds. The van der Waals surface area contributed by atoms with Gasteiger partial charge >= 0.3 is 0 Å². The van der Waals surface area contributed by atoms with E-state index in [2.05, 4.69) is 5.32 Å². The van der Waals surface area contributed by atoms with Crippen molar-refractivity contribution in [3.8, 4) is 0 Å². The molecule has 3 nitrogen and oxygen atoms in total. The molecule has 0 fully saturated rings. The van der Waals surface area contributed by atoms with E-state index < -0.39 is 17.7 Å². The molecule has 0 aliphatic carbocycles. The third-order valence-electron chi connectivity index (χ3n) is 4.14. The van der Waals surface area contributed by atoms with Crippen molar-refractivity contribution in [1.82, 2.24) is 10.2 Å². The van der Waals surface area contributed by atoms with Crippen LogP contribution >= 0.6 is 11.3 Å². The van der Waals surface area contributed by atoms with E-state index >= 15 is 0 Å². The number of carbonyl (C=O) groups is 1. The molecule has 2 heterocycles. The molecular weight excluding hydrogens is 330 g/mol. The van der Waals surface area contributed by atoms with Crippen LogP contribution in [-0.4, -0.2) is 23.4 Å². The van der Waals surface area contributed by atoms with Crippen molar-refractivity contribution >= 4 is 17.2 Å². The summed E-state index contributed by atoms with van der Waals surface area (Å²) in [4.78, 5) is 16.0. The molecule has 1 atom stereocenters. The average molecular weight is 350 g/mol. The Hall–Kier alpha value is -1.79. The van der Waals surface area contributed by atoms with Crippen LogP contribution in [0.3, 0.4) is 0 Å². The molecule has 0 spiro atoms. The summed E-state index contributed by atoms with van der Waals surface area (Å²) < 4.78 is 27.6. The first-order valence-corrected chi connectivity index (χ1v) is 8.88. The molecule has 1 unspecified atom stereocenters. The predicted octanol–water partition coefficient (Wildman–Crippen LogP) is 3.65. The first kappa shape index (κ1) is 17.0. The molecule has 3 rings (SSSR count). The van der Waals surface area contributed by atoms with E-state index in [1.807, 2.05) is 30.2 Å². The summed E-state index contributed by atoms with van der Waals surface area (Å²) in [6.45, 7) is 4.98. The molecular formula is C18H20F2N2OS. The standard InChI is InChI=1S/C18H20F2N2OS/c1-11(2)21-18(23)17(14-4-3-13(19)9-15(14)20)22-7-5-16-12(10-22)6-8-24-16/h3-4,6,8-9,11,17H,5,7,10H2,1-2H3,(H,21,23). The lowest BCUT2D eigenvalue weighted by Crippen LogP contribution is -2.44. The van der Waals surface area contributed by atoms with E-state index in [1.165, 1.54) is 22.6 Å². The summed E-state index contributed by atoms with van der Waals surface area (Å²) in [7, 11) is 0. The minimum atomic E-state index is -0.763. The first-order valence-electron chi connectivity index (χ1n) is 8.00. The summed E-state index contributed by atoms with van der Waals surface area (Å²) in [6.07, 6.45) is 0.835. The number of rotatable bonds is 4. The van der Waals surface area contributed by atoms with Gasteiger partial charge in [-0.3, -0.25) is 9.69 Å². The highest BCUT2D eigenvalue weighted by Gasteiger charge is 2.33. The zero-order valence-corrected chi connectivity index (χ0v) is 14.5. The highest BCUT2D eigenvalue weighted by Crippen LogP contribution is 2.32. The van der Waals surface area contributed by atoms with E-state index in [4.69, 9.17) is 0 Å². The zero-order chi connectivity index (χ0) is 17.3. The van der Waals surface area contributed by atoms with Gasteiger partial charge in [-0.25, -0.2) is 8.78 Å². The lowest BCUT2D eigenvalue weighted by molar-refractivity contribution is -0.127. The van der Waals surface area contributed by atoms with Gasteiger partial charge in [0, 0.05) is 35.6 Å². The quantitative estimate of drug-likeness (QED) is 0.913. The van der Waals surface area contributed by atoms with Gasteiger partial charge in [-0.1, -0.05) is 6.07 Å². The number of amides is 1. The van der Waals surface area contributed by atoms with E-state index in [0.717, 1.165) is 12.5 Å². The number of nitrogens with one attached hydrogen (secondary N) is 1. The van der Waals surface area contributed by atoms with Gasteiger partial charge in [-0.2, -0.15) is 0 Å². The molecule has 1 N–H and O–H groups in total. The molecule has 6 heteroatoms. The number of hydrogen-bond acceptors (Lipinski definition) is 3. The second-order valence-corrected chi connectivity index (χ2v) is 7.32. The van der Waals surface area contributed by atoms with Gasteiger partial charge in [0.1, 0.15) is 17.7 Å². The number of benzene rings is 1. The third kappa shape index (κ3) is 3.49. The Morgan fingerprint density at radius 2 is 2.08 bits per heavy atom. The van der Waals surface area contributed by atoms with Crippen molar-refractivity contribution in [3.05, 3.63) is 57.3 Å². The van der Waals surface area contributed by atoms with Crippen molar-refractivity contribution < 1.29 is 13.6 Å². The van der Waals surface area contributed by atoms with Crippen LogP contribution in [0.1, 0.15) is 35.9 Å². The molecule has 128 valence electrons. The van der Waals surface area contributed by atoms with Gasteiger partial charge in [-0.05, 0) is 43.3 Å². The lowest BCUT2D eigenvalue weighted by Gasteiger charge is -2.34. The third-order valence-corrected chi connectivity index (χ3v) is 5.16. The number of fused-ring (bicyclic) bond motifs is 1. The summed E-state index contributed by atoms with van der Waals surface area (Å²) >= 11 is 1.71. The fourth-order valence-corrected chi connectivity index (χ4v) is 3.97. The fourth-order valence-electron chi connectivity index (χ4n) is 3.08. The molecule has 2 aromatic rings. The monoisotopic (exact) mass is 350 g/mol. The summed E-state index contributed by atoms with van der Waals surface area (Å²) in [6, 6.07) is 4.65. The second kappa shape index (κ2) is 6.99. The highest BCUT2D eigenvalue weighted by molar-refractivity contribution is 7.10. The molecule has 0 bridgehead atoms. The minimum Gasteiger partial charge on any atom is -0.352 e. The van der Waals surface area contributed by atoms with Crippen LogP contribution in [0.4, 0.5) is 8.78 Å². The molecule has 0 saturated carbocycles. The van der Waals surface area contributed by atoms with Crippen LogP contribution in [0.2, 0.25) is 0 Å². The Balaban J connectivity index is 1.95. The van der Waals surface area contributed by atoms with Crippen LogP contribution in [0.5, 0.6) is 0 Å². The van der Waals surface area contributed by atoms with E-state index in [-0.39, 0.29) is 17.5 Å². The van der Waals surface area contributed by atoms with E-state index in [9.17, 15) is 13.6 Å². The van der Waals surface area contributed by atoms with Gasteiger partial charge in [-0.15, -0.1) is 11.3 Å². The Labute approximate surface area is 144 Å². The molecule has 0 radical (unpaired) electrons. The number of carbonyl (C=O) groups excluding carboxylic acids is 1. The summed E-state index contributed by atoms with van der Waals surface area (Å²) in [5.41, 5.74) is 1.39. The topological polar surface area (TPSA) is 32.3 Å². The Bertz CT molecular complexity index is 744. The Morgan fingerprint density at radius 1 is 1.29 bits per heavy atom. The van der Waals surface area contributed by atoms with Crippen LogP contribution < -0.4 is 5.32 Å². The average Bonchev–Trinajstić information content (AvgIpc) is 2.96. The van der Waals surface area contributed by atoms with Crippen molar-refractivity contribution in [2.24, 2.45) is 0 Å². The molecule has 1 aliphatic heterocycles. The van der Waals surface area contributed by atoms with Crippen molar-refractivity contribution in [2.45, 2.75) is 38.9 Å². The van der Waals surface area contributed by atoms with Crippen LogP contribution in [-0.2, 0) is 17.8 Å². The SMILES string of the molecule is CC(C)NC(=O)C(c1ccc(F)cc1F)N1CCc2sccc2C1. The maximum absolute atomic E-state index is 14.3. The molecule has 1 aromatic carbocycles. The zero-order valence-electron chi connectivity index (χ0n) is 13.7. The van der Waals surface area contributed by atoms with Gasteiger partial charge in [0.15, 0.2) is 0 Å². The number of hydrogen-bond donors (Lipinski definition) is 1. The largest absolute Gasteiger partial charge is 0.352 e. The maximum atomic E-state index is 14.3. The van der Waals surface area contributed by atoms with Gasteiger partial charge in [0.2, 0.25) is 5.91 Å².